The number of fused-ring (bicyclic) bond motifs is 1. The molecule has 1 unspecified atom stereocenters. The molecule has 0 aliphatic carbocycles. The lowest BCUT2D eigenvalue weighted by Crippen LogP contribution is -2.30. The number of aryl methyl sites for hydroxylation is 1. The molecule has 0 saturated carbocycles. The number of anilines is 1. The second-order valence-corrected chi connectivity index (χ2v) is 4.63. The van der Waals surface area contributed by atoms with Gasteiger partial charge in [-0.1, -0.05) is 19.8 Å². The molecular weight excluding hydrogens is 244 g/mol. The summed E-state index contributed by atoms with van der Waals surface area (Å²) in [5.74, 6) is -0.181. The van der Waals surface area contributed by atoms with Gasteiger partial charge in [0.25, 0.3) is 0 Å². The zero-order chi connectivity index (χ0) is 13.8. The lowest BCUT2D eigenvalue weighted by molar-refractivity contribution is -0.138. The van der Waals surface area contributed by atoms with E-state index in [1.54, 1.807) is 4.52 Å². The number of pyridine rings is 1. The van der Waals surface area contributed by atoms with Gasteiger partial charge in [-0.25, -0.2) is 9.78 Å². The maximum absolute atomic E-state index is 11.3. The molecule has 0 aromatic carbocycles. The molecule has 0 aliphatic rings. The highest BCUT2D eigenvalue weighted by atomic mass is 16.4. The van der Waals surface area contributed by atoms with Crippen LogP contribution in [0.15, 0.2) is 18.5 Å². The summed E-state index contributed by atoms with van der Waals surface area (Å²) in [4.78, 5) is 15.4. The normalized spacial score (nSPS) is 12.5. The van der Waals surface area contributed by atoms with Crippen molar-refractivity contribution in [2.45, 2.75) is 39.2 Å². The number of nitrogens with zero attached hydrogens (tertiary/aromatic N) is 3. The topological polar surface area (TPSA) is 79.5 Å². The van der Waals surface area contributed by atoms with Crippen molar-refractivity contribution in [1.82, 2.24) is 14.6 Å². The summed E-state index contributed by atoms with van der Waals surface area (Å²) >= 11 is 0. The first-order valence-corrected chi connectivity index (χ1v) is 6.41. The minimum absolute atomic E-state index is 0.593. The summed E-state index contributed by atoms with van der Waals surface area (Å²) < 4.78 is 1.62. The van der Waals surface area contributed by atoms with Crippen molar-refractivity contribution in [2.24, 2.45) is 0 Å². The summed E-state index contributed by atoms with van der Waals surface area (Å²) in [6.45, 7) is 3.99. The molecule has 2 aromatic heterocycles. The van der Waals surface area contributed by atoms with E-state index in [2.05, 4.69) is 15.4 Å². The van der Waals surface area contributed by atoms with Crippen LogP contribution in [0, 0.1) is 6.92 Å². The van der Waals surface area contributed by atoms with Crippen molar-refractivity contribution in [3.63, 3.8) is 0 Å². The highest BCUT2D eigenvalue weighted by Crippen LogP contribution is 2.16. The third kappa shape index (κ3) is 3.01. The van der Waals surface area contributed by atoms with E-state index in [9.17, 15) is 9.90 Å². The smallest absolute Gasteiger partial charge is 0.326 e. The largest absolute Gasteiger partial charge is 0.480 e. The van der Waals surface area contributed by atoms with E-state index in [1.807, 2.05) is 26.0 Å². The van der Waals surface area contributed by atoms with Crippen molar-refractivity contribution in [3.05, 3.63) is 24.0 Å². The van der Waals surface area contributed by atoms with Gasteiger partial charge in [-0.2, -0.15) is 9.61 Å². The Balaban J connectivity index is 2.27. The van der Waals surface area contributed by atoms with Crippen LogP contribution in [-0.4, -0.2) is 31.7 Å². The van der Waals surface area contributed by atoms with Gasteiger partial charge in [0, 0.05) is 0 Å². The van der Waals surface area contributed by atoms with Gasteiger partial charge >= 0.3 is 5.97 Å². The number of aromatic nitrogens is 3. The van der Waals surface area contributed by atoms with Crippen LogP contribution in [0.1, 0.15) is 31.7 Å². The monoisotopic (exact) mass is 262 g/mol. The molecule has 0 radical (unpaired) electrons. The fourth-order valence-corrected chi connectivity index (χ4v) is 2.00. The number of carboxylic acid groups (broad SMARTS) is 1. The molecule has 0 spiro atoms. The van der Waals surface area contributed by atoms with Gasteiger partial charge in [0.05, 0.1) is 0 Å². The number of nitrogens with one attached hydrogen (secondary N) is 1. The molecule has 19 heavy (non-hydrogen) atoms. The number of hydrogen-bond donors (Lipinski definition) is 2. The number of carbonyl (C=O) groups is 1. The van der Waals surface area contributed by atoms with Crippen LogP contribution in [0.2, 0.25) is 0 Å². The molecule has 2 N–H and O–H groups in total. The van der Waals surface area contributed by atoms with Gasteiger partial charge in [-0.3, -0.25) is 0 Å². The lowest BCUT2D eigenvalue weighted by Gasteiger charge is -2.16. The summed E-state index contributed by atoms with van der Waals surface area (Å²) in [6, 6.07) is 3.18. The summed E-state index contributed by atoms with van der Waals surface area (Å²) in [5.41, 5.74) is 1.73. The van der Waals surface area contributed by atoms with E-state index in [0.717, 1.165) is 18.4 Å². The van der Waals surface area contributed by atoms with Crippen LogP contribution < -0.4 is 5.32 Å². The minimum atomic E-state index is -0.844. The molecule has 6 nitrogen and oxygen atoms in total. The van der Waals surface area contributed by atoms with E-state index in [1.165, 1.54) is 6.33 Å². The van der Waals surface area contributed by atoms with Crippen LogP contribution >= 0.6 is 0 Å². The maximum Gasteiger partial charge on any atom is 0.326 e. The fourth-order valence-electron chi connectivity index (χ4n) is 2.00. The molecular formula is C13H18N4O2. The molecule has 2 heterocycles. The van der Waals surface area contributed by atoms with Crippen LogP contribution in [0.5, 0.6) is 0 Å². The zero-order valence-corrected chi connectivity index (χ0v) is 11.1. The molecule has 0 aliphatic heterocycles. The van der Waals surface area contributed by atoms with Crippen LogP contribution in [-0.2, 0) is 4.79 Å². The Kier molecular flexibility index (Phi) is 3.99. The Morgan fingerprint density at radius 2 is 2.32 bits per heavy atom. The quantitative estimate of drug-likeness (QED) is 0.833. The molecule has 0 saturated heterocycles. The average molecular weight is 262 g/mol. The van der Waals surface area contributed by atoms with Gasteiger partial charge in [0.2, 0.25) is 0 Å². The Hall–Kier alpha value is -2.11. The van der Waals surface area contributed by atoms with Crippen molar-refractivity contribution in [2.75, 3.05) is 5.32 Å². The van der Waals surface area contributed by atoms with E-state index in [4.69, 9.17) is 0 Å². The molecule has 2 aromatic rings. The van der Waals surface area contributed by atoms with Gasteiger partial charge in [-0.15, -0.1) is 0 Å². The molecule has 2 rings (SSSR count). The van der Waals surface area contributed by atoms with Gasteiger partial charge in [-0.05, 0) is 31.0 Å². The Bertz CT molecular complexity index is 579. The van der Waals surface area contributed by atoms with Crippen LogP contribution in [0.4, 0.5) is 5.82 Å². The second kappa shape index (κ2) is 5.69. The summed E-state index contributed by atoms with van der Waals surface area (Å²) in [6.07, 6.45) is 3.89. The third-order valence-electron chi connectivity index (χ3n) is 2.99. The number of hydrogen-bond acceptors (Lipinski definition) is 4. The lowest BCUT2D eigenvalue weighted by atomic mass is 10.1. The number of carboxylic acids is 1. The van der Waals surface area contributed by atoms with Gasteiger partial charge in [0.1, 0.15) is 18.2 Å². The summed E-state index contributed by atoms with van der Waals surface area (Å²) in [5, 5.41) is 16.4. The first kappa shape index (κ1) is 13.3. The Labute approximate surface area is 111 Å². The van der Waals surface area contributed by atoms with Crippen molar-refractivity contribution >= 4 is 17.4 Å². The molecule has 6 heteroatoms. The first-order valence-electron chi connectivity index (χ1n) is 6.41. The predicted molar refractivity (Wildman–Crippen MR) is 72.3 cm³/mol. The highest BCUT2D eigenvalue weighted by Gasteiger charge is 2.18. The third-order valence-corrected chi connectivity index (χ3v) is 2.99. The van der Waals surface area contributed by atoms with Crippen molar-refractivity contribution in [1.29, 1.82) is 0 Å². The first-order chi connectivity index (χ1) is 9.11. The number of unbranched alkanes of at least 4 members (excludes halogenated alkanes) is 1. The van der Waals surface area contributed by atoms with Gasteiger partial charge in [0.15, 0.2) is 5.65 Å². The fraction of sp³-hybridized carbons (Fsp3) is 0.462. The molecule has 0 bridgehead atoms. The maximum atomic E-state index is 11.3. The predicted octanol–water partition coefficient (Wildman–Crippen LogP) is 2.09. The van der Waals surface area contributed by atoms with E-state index in [0.29, 0.717) is 17.9 Å². The molecule has 0 amide bonds. The Morgan fingerprint density at radius 1 is 1.53 bits per heavy atom. The molecule has 1 atom stereocenters. The van der Waals surface area contributed by atoms with E-state index in [-0.39, 0.29) is 0 Å². The van der Waals surface area contributed by atoms with Crippen LogP contribution in [0.3, 0.4) is 0 Å². The number of rotatable bonds is 6. The average Bonchev–Trinajstić information content (AvgIpc) is 2.81. The van der Waals surface area contributed by atoms with E-state index < -0.39 is 12.0 Å². The van der Waals surface area contributed by atoms with Crippen molar-refractivity contribution < 1.29 is 9.90 Å². The minimum Gasteiger partial charge on any atom is -0.480 e. The molecule has 0 fully saturated rings. The second-order valence-electron chi connectivity index (χ2n) is 4.63. The number of aliphatic carboxylic acids is 1. The summed E-state index contributed by atoms with van der Waals surface area (Å²) in [7, 11) is 0. The SMILES string of the molecule is CCCCC(Nc1cc(C)cc2ncnn12)C(=O)O. The van der Waals surface area contributed by atoms with E-state index >= 15 is 0 Å². The van der Waals surface area contributed by atoms with Crippen molar-refractivity contribution in [3.8, 4) is 0 Å². The van der Waals surface area contributed by atoms with Crippen LogP contribution in [0.25, 0.3) is 5.65 Å². The highest BCUT2D eigenvalue weighted by molar-refractivity contribution is 5.77. The zero-order valence-electron chi connectivity index (χ0n) is 11.1. The standard InChI is InChI=1S/C13H18N4O2/c1-3-4-5-10(13(18)19)16-12-7-9(2)6-11-14-8-15-17(11)12/h6-8,10,16H,3-5H2,1-2H3,(H,18,19). The molecule has 102 valence electrons. The Morgan fingerprint density at radius 3 is 3.00 bits per heavy atom. The van der Waals surface area contributed by atoms with Gasteiger partial charge < -0.3 is 10.4 Å².